The minimum Gasteiger partial charge on any atom is -0.350 e. The van der Waals surface area contributed by atoms with Gasteiger partial charge in [0.15, 0.2) is 0 Å². The molecule has 0 amide bonds. The molecule has 0 aliphatic carbocycles. The molecule has 0 saturated carbocycles. The van der Waals surface area contributed by atoms with E-state index in [1.54, 1.807) is 0 Å². The summed E-state index contributed by atoms with van der Waals surface area (Å²) in [4.78, 5) is 14.0. The van der Waals surface area contributed by atoms with Gasteiger partial charge in [-0.15, -0.1) is 0 Å². The molecule has 2 aromatic rings. The Balaban J connectivity index is 2.98. The summed E-state index contributed by atoms with van der Waals surface area (Å²) < 4.78 is 37.5. The van der Waals surface area contributed by atoms with Crippen LogP contribution >= 0.6 is 39.1 Å². The van der Waals surface area contributed by atoms with Gasteiger partial charge in [-0.3, -0.25) is 4.79 Å². The van der Waals surface area contributed by atoms with Crippen LogP contribution in [0, 0.1) is 0 Å². The summed E-state index contributed by atoms with van der Waals surface area (Å²) in [5.41, 5.74) is -2.07. The molecule has 2 nitrogen and oxygen atoms in total. The summed E-state index contributed by atoms with van der Waals surface area (Å²) in [6.45, 7) is 0. The lowest BCUT2D eigenvalue weighted by atomic mass is 10.2. The minimum absolute atomic E-state index is 0.00632. The number of aromatic amines is 1. The lowest BCUT2D eigenvalue weighted by Crippen LogP contribution is -2.16. The van der Waals surface area contributed by atoms with Crippen molar-refractivity contribution in [3.05, 3.63) is 42.6 Å². The smallest absolute Gasteiger partial charge is 0.350 e. The van der Waals surface area contributed by atoms with Gasteiger partial charge in [0, 0.05) is 5.02 Å². The third-order valence-electron chi connectivity index (χ3n) is 2.24. The van der Waals surface area contributed by atoms with E-state index in [0.29, 0.717) is 0 Å². The molecule has 1 heterocycles. The molecule has 96 valence electrons. The molecule has 0 atom stereocenters. The first-order valence-corrected chi connectivity index (χ1v) is 6.04. The first-order chi connectivity index (χ1) is 8.21. The first-order valence-electron chi connectivity index (χ1n) is 4.49. The van der Waals surface area contributed by atoms with Crippen LogP contribution in [0.2, 0.25) is 10.0 Å². The number of pyridine rings is 1. The molecule has 2 rings (SSSR count). The van der Waals surface area contributed by atoms with Gasteiger partial charge in [-0.05, 0) is 28.1 Å². The van der Waals surface area contributed by atoms with Crippen LogP contribution in [0.1, 0.15) is 5.69 Å². The Bertz CT molecular complexity index is 696. The Morgan fingerprint density at radius 2 is 1.83 bits per heavy atom. The predicted molar refractivity (Wildman–Crippen MR) is 67.3 cm³/mol. The molecule has 0 aliphatic heterocycles. The molecule has 0 bridgehead atoms. The molecule has 0 aliphatic rings. The van der Waals surface area contributed by atoms with Crippen molar-refractivity contribution in [3.8, 4) is 0 Å². The van der Waals surface area contributed by atoms with E-state index in [-0.39, 0.29) is 20.9 Å². The zero-order valence-corrected chi connectivity index (χ0v) is 11.4. The fraction of sp³-hybridized carbons (Fsp3) is 0.100. The van der Waals surface area contributed by atoms with Crippen molar-refractivity contribution in [2.45, 2.75) is 6.18 Å². The highest BCUT2D eigenvalue weighted by Gasteiger charge is 2.35. The number of alkyl halides is 3. The molecule has 0 saturated heterocycles. The van der Waals surface area contributed by atoms with E-state index in [1.165, 1.54) is 12.1 Å². The molecule has 1 aromatic heterocycles. The van der Waals surface area contributed by atoms with Gasteiger partial charge in [-0.2, -0.15) is 13.2 Å². The van der Waals surface area contributed by atoms with Gasteiger partial charge < -0.3 is 4.98 Å². The van der Waals surface area contributed by atoms with Crippen molar-refractivity contribution < 1.29 is 13.2 Å². The van der Waals surface area contributed by atoms with Crippen molar-refractivity contribution >= 4 is 50.0 Å². The van der Waals surface area contributed by atoms with Crippen LogP contribution in [-0.2, 0) is 6.18 Å². The molecule has 8 heteroatoms. The monoisotopic (exact) mass is 359 g/mol. The molecular weight excluding hydrogens is 358 g/mol. The van der Waals surface area contributed by atoms with Crippen LogP contribution < -0.4 is 5.43 Å². The second-order valence-electron chi connectivity index (χ2n) is 3.45. The van der Waals surface area contributed by atoms with E-state index in [2.05, 4.69) is 20.9 Å². The van der Waals surface area contributed by atoms with E-state index in [4.69, 9.17) is 23.2 Å². The van der Waals surface area contributed by atoms with Gasteiger partial charge in [0.2, 0.25) is 5.43 Å². The fourth-order valence-electron chi connectivity index (χ4n) is 1.51. The Morgan fingerprint density at radius 3 is 2.39 bits per heavy atom. The van der Waals surface area contributed by atoms with Crippen molar-refractivity contribution in [1.29, 1.82) is 0 Å². The lowest BCUT2D eigenvalue weighted by Gasteiger charge is -2.11. The standard InChI is InChI=1S/C10H3BrCl2F3NO/c11-7-8(18)6-4(13)1-3(12)2-5(6)17-9(7)10(14,15)16/h1-2H,(H,17,18). The van der Waals surface area contributed by atoms with Crippen molar-refractivity contribution in [1.82, 2.24) is 4.98 Å². The highest BCUT2D eigenvalue weighted by molar-refractivity contribution is 9.10. The maximum absolute atomic E-state index is 12.7. The van der Waals surface area contributed by atoms with Crippen molar-refractivity contribution in [3.63, 3.8) is 0 Å². The van der Waals surface area contributed by atoms with Gasteiger partial charge in [-0.25, -0.2) is 0 Å². The summed E-state index contributed by atoms with van der Waals surface area (Å²) in [6.07, 6.45) is -4.68. The maximum atomic E-state index is 12.7. The number of halogens is 6. The van der Waals surface area contributed by atoms with Crippen LogP contribution in [0.5, 0.6) is 0 Å². The number of nitrogens with one attached hydrogen (secondary N) is 1. The number of H-pyrrole nitrogens is 1. The van der Waals surface area contributed by atoms with Crippen LogP contribution in [0.3, 0.4) is 0 Å². The topological polar surface area (TPSA) is 32.9 Å². The van der Waals surface area contributed by atoms with Crippen LogP contribution in [0.15, 0.2) is 21.4 Å². The minimum atomic E-state index is -4.68. The van der Waals surface area contributed by atoms with Gasteiger partial charge >= 0.3 is 6.18 Å². The van der Waals surface area contributed by atoms with Gasteiger partial charge in [-0.1, -0.05) is 23.2 Å². The quantitative estimate of drug-likeness (QED) is 0.730. The predicted octanol–water partition coefficient (Wildman–Crippen LogP) is 4.62. The van der Waals surface area contributed by atoms with Crippen molar-refractivity contribution in [2.75, 3.05) is 0 Å². The largest absolute Gasteiger partial charge is 0.432 e. The molecule has 0 radical (unpaired) electrons. The van der Waals surface area contributed by atoms with Crippen LogP contribution in [-0.4, -0.2) is 4.98 Å². The number of hydrogen-bond acceptors (Lipinski definition) is 1. The summed E-state index contributed by atoms with van der Waals surface area (Å²) in [5.74, 6) is 0. The molecule has 0 spiro atoms. The van der Waals surface area contributed by atoms with Crippen molar-refractivity contribution in [2.24, 2.45) is 0 Å². The lowest BCUT2D eigenvalue weighted by molar-refractivity contribution is -0.141. The number of hydrogen-bond donors (Lipinski definition) is 1. The van der Waals surface area contributed by atoms with Gasteiger partial charge in [0.1, 0.15) is 5.69 Å². The number of rotatable bonds is 0. The van der Waals surface area contributed by atoms with E-state index in [0.717, 1.165) is 0 Å². The normalized spacial score (nSPS) is 12.1. The van der Waals surface area contributed by atoms with Crippen LogP contribution in [0.4, 0.5) is 13.2 Å². The molecular formula is C10H3BrCl2F3NO. The summed E-state index contributed by atoms with van der Waals surface area (Å²) in [6, 6.07) is 2.51. The highest BCUT2D eigenvalue weighted by Crippen LogP contribution is 2.34. The highest BCUT2D eigenvalue weighted by atomic mass is 79.9. The number of aromatic nitrogens is 1. The molecule has 18 heavy (non-hydrogen) atoms. The molecule has 1 aromatic carbocycles. The Labute approximate surface area is 117 Å². The maximum Gasteiger partial charge on any atom is 0.432 e. The second kappa shape index (κ2) is 4.43. The summed E-state index contributed by atoms with van der Waals surface area (Å²) >= 11 is 14.1. The van der Waals surface area contributed by atoms with Gasteiger partial charge in [0.05, 0.1) is 20.4 Å². The molecule has 1 N–H and O–H groups in total. The summed E-state index contributed by atoms with van der Waals surface area (Å²) in [7, 11) is 0. The van der Waals surface area contributed by atoms with E-state index < -0.39 is 21.8 Å². The second-order valence-corrected chi connectivity index (χ2v) is 5.09. The first kappa shape index (κ1) is 13.7. The van der Waals surface area contributed by atoms with E-state index >= 15 is 0 Å². The molecule has 0 unspecified atom stereocenters. The number of benzene rings is 1. The van der Waals surface area contributed by atoms with Crippen LogP contribution in [0.25, 0.3) is 10.9 Å². The summed E-state index contributed by atoms with van der Waals surface area (Å²) in [5, 5.41) is 0.0905. The van der Waals surface area contributed by atoms with E-state index in [9.17, 15) is 18.0 Å². The average molecular weight is 361 g/mol. The zero-order chi connectivity index (χ0) is 13.7. The third kappa shape index (κ3) is 2.24. The molecule has 0 fully saturated rings. The Morgan fingerprint density at radius 1 is 1.22 bits per heavy atom. The Hall–Kier alpha value is -0.720. The fourth-order valence-corrected chi connectivity index (χ4v) is 2.61. The van der Waals surface area contributed by atoms with Gasteiger partial charge in [0.25, 0.3) is 0 Å². The third-order valence-corrected chi connectivity index (χ3v) is 3.52. The van der Waals surface area contributed by atoms with E-state index in [1.807, 2.05) is 0 Å². The Kier molecular flexibility index (Phi) is 3.38. The zero-order valence-electron chi connectivity index (χ0n) is 8.33. The SMILES string of the molecule is O=c1c(Br)c(C(F)(F)F)[nH]c2cc(Cl)cc(Cl)c12. The average Bonchev–Trinajstić information content (AvgIpc) is 2.20. The number of fused-ring (bicyclic) bond motifs is 1.